The molecule has 2 aliphatic carbocycles. The Labute approximate surface area is 179 Å². The molecule has 28 heavy (non-hydrogen) atoms. The summed E-state index contributed by atoms with van der Waals surface area (Å²) in [5.74, 6) is 2.12. The summed E-state index contributed by atoms with van der Waals surface area (Å²) in [5.41, 5.74) is 0. The molecule has 0 aromatic heterocycles. The molecule has 2 fully saturated rings. The second-order valence-corrected chi connectivity index (χ2v) is 10.5. The summed E-state index contributed by atoms with van der Waals surface area (Å²) in [7, 11) is 1.58. The zero-order valence-electron chi connectivity index (χ0n) is 19.5. The molecule has 0 N–H and O–H groups in total. The van der Waals surface area contributed by atoms with Crippen molar-refractivity contribution in [2.24, 2.45) is 0 Å². The second-order valence-electron chi connectivity index (χ2n) is 10.5. The molecular weight excluding hydrogens is 335 g/mol. The van der Waals surface area contributed by atoms with E-state index in [0.29, 0.717) is 0 Å². The summed E-state index contributed by atoms with van der Waals surface area (Å²) >= 11 is 0. The zero-order valence-corrected chi connectivity index (χ0v) is 19.5. The van der Waals surface area contributed by atoms with Crippen LogP contribution < -0.4 is 0 Å². The maximum absolute atomic E-state index is 1.58. The van der Waals surface area contributed by atoms with Crippen LogP contribution in [0.15, 0.2) is 0 Å². The summed E-state index contributed by atoms with van der Waals surface area (Å²) in [6.07, 6.45) is 38.0. The molecule has 0 heterocycles. The quantitative estimate of drug-likeness (QED) is 0.413. The van der Waals surface area contributed by atoms with E-state index in [4.69, 9.17) is 0 Å². The van der Waals surface area contributed by atoms with Gasteiger partial charge in [-0.2, -0.15) is 0 Å². The highest BCUT2D eigenvalue weighted by Gasteiger charge is 2.18. The molecule has 0 aromatic carbocycles. The number of rotatable bonds is 2. The van der Waals surface area contributed by atoms with E-state index in [1.54, 1.807) is 33.0 Å². The predicted octanol–water partition coefficient (Wildman–Crippen LogP) is 9.78. The van der Waals surface area contributed by atoms with Gasteiger partial charge < -0.3 is 0 Å². The molecule has 0 aliphatic heterocycles. The van der Waals surface area contributed by atoms with E-state index in [1.165, 1.54) is 135 Å². The zero-order chi connectivity index (χ0) is 19.5. The van der Waals surface area contributed by atoms with E-state index >= 15 is 0 Å². The van der Waals surface area contributed by atoms with Gasteiger partial charge >= 0.3 is 0 Å². The van der Waals surface area contributed by atoms with Crippen LogP contribution in [0.3, 0.4) is 0 Å². The van der Waals surface area contributed by atoms with Crippen LogP contribution in [0.2, 0.25) is 11.6 Å². The van der Waals surface area contributed by atoms with Gasteiger partial charge in [-0.05, 0) is 0 Å². The first-order chi connectivity index (χ1) is 13.9. The van der Waals surface area contributed by atoms with Gasteiger partial charge in [-0.25, -0.2) is 0 Å². The van der Waals surface area contributed by atoms with Crippen LogP contribution in [0.5, 0.6) is 0 Å². The molecule has 164 valence electrons. The minimum Gasteiger partial charge on any atom is -0.0654 e. The normalized spacial score (nSPS) is 25.6. The summed E-state index contributed by atoms with van der Waals surface area (Å²) < 4.78 is 0. The van der Waals surface area contributed by atoms with Crippen molar-refractivity contribution in [3.63, 3.8) is 0 Å². The van der Waals surface area contributed by atoms with E-state index in [-0.39, 0.29) is 0 Å². The third-order valence-electron chi connectivity index (χ3n) is 7.87. The molecule has 0 amide bonds. The van der Waals surface area contributed by atoms with Gasteiger partial charge in [0.2, 0.25) is 0 Å². The predicted molar refractivity (Wildman–Crippen MR) is 130 cm³/mol. The molecule has 0 radical (unpaired) electrons. The highest BCUT2D eigenvalue weighted by molar-refractivity contribution is 6.39. The largest absolute Gasteiger partial charge is 0.127 e. The van der Waals surface area contributed by atoms with Crippen molar-refractivity contribution in [3.05, 3.63) is 0 Å². The van der Waals surface area contributed by atoms with Crippen molar-refractivity contribution in [3.8, 4) is 0 Å². The molecule has 1 heteroatoms. The first kappa shape index (κ1) is 24.3. The third kappa shape index (κ3) is 13.3. The molecule has 2 saturated carbocycles. The molecule has 2 aliphatic rings. The monoisotopic (exact) mass is 388 g/mol. The first-order valence-corrected chi connectivity index (χ1v) is 13.9. The topological polar surface area (TPSA) is 0 Å². The van der Waals surface area contributed by atoms with Gasteiger partial charge in [-0.1, -0.05) is 172 Å². The average Bonchev–Trinajstić information content (AvgIpc) is 2.76. The fraction of sp³-hybridized carbons (Fsp3) is 1.00. The van der Waals surface area contributed by atoms with Crippen molar-refractivity contribution in [1.29, 1.82) is 0 Å². The van der Waals surface area contributed by atoms with Gasteiger partial charge in [-0.3, -0.25) is 0 Å². The molecule has 0 bridgehead atoms. The van der Waals surface area contributed by atoms with E-state index < -0.39 is 0 Å². The van der Waals surface area contributed by atoms with E-state index in [0.717, 1.165) is 11.6 Å². The van der Waals surface area contributed by atoms with Crippen molar-refractivity contribution in [2.75, 3.05) is 0 Å². The van der Waals surface area contributed by atoms with Gasteiger partial charge in [0.05, 0.1) is 0 Å². The van der Waals surface area contributed by atoms with Crippen LogP contribution in [-0.4, -0.2) is 7.28 Å². The van der Waals surface area contributed by atoms with E-state index in [1.807, 2.05) is 0 Å². The molecule has 0 atom stereocenters. The van der Waals surface area contributed by atoms with Gasteiger partial charge in [0.15, 0.2) is 0 Å². The Morgan fingerprint density at radius 1 is 0.250 bits per heavy atom. The van der Waals surface area contributed by atoms with Gasteiger partial charge in [0, 0.05) is 0 Å². The van der Waals surface area contributed by atoms with E-state index in [9.17, 15) is 0 Å². The van der Waals surface area contributed by atoms with Gasteiger partial charge in [-0.15, -0.1) is 0 Å². The van der Waals surface area contributed by atoms with Crippen molar-refractivity contribution in [2.45, 2.75) is 172 Å². The fourth-order valence-corrected chi connectivity index (χ4v) is 5.97. The number of hydrogen-bond acceptors (Lipinski definition) is 0. The maximum atomic E-state index is 1.58. The highest BCUT2D eigenvalue weighted by Crippen LogP contribution is 2.32. The van der Waals surface area contributed by atoms with Crippen LogP contribution >= 0.6 is 0 Å². The highest BCUT2D eigenvalue weighted by atomic mass is 14.1. The summed E-state index contributed by atoms with van der Waals surface area (Å²) in [5, 5.41) is 0. The lowest BCUT2D eigenvalue weighted by molar-refractivity contribution is 0.497. The second kappa shape index (κ2) is 17.9. The summed E-state index contributed by atoms with van der Waals surface area (Å²) in [6, 6.07) is 0. The molecule has 0 nitrogen and oxygen atoms in total. The van der Waals surface area contributed by atoms with Crippen molar-refractivity contribution >= 4 is 7.28 Å². The van der Waals surface area contributed by atoms with Gasteiger partial charge in [0.25, 0.3) is 0 Å². The third-order valence-corrected chi connectivity index (χ3v) is 7.87. The van der Waals surface area contributed by atoms with Gasteiger partial charge in [0.1, 0.15) is 7.28 Å². The molecule has 0 unspecified atom stereocenters. The standard InChI is InChI=1S/C27H53B/c1-2-4-6-10-14-18-22-26(23-19-15-11-7-5-3-1)28-27-24-20-16-12-8-9-13-17-21-25-27/h26-28H,1-25H2. The van der Waals surface area contributed by atoms with E-state index in [2.05, 4.69) is 0 Å². The van der Waals surface area contributed by atoms with Crippen LogP contribution in [0, 0.1) is 0 Å². The Kier molecular flexibility index (Phi) is 15.5. The molecular formula is C27H53B. The lowest BCUT2D eigenvalue weighted by atomic mass is 9.50. The molecule has 0 aromatic rings. The minimum absolute atomic E-state index is 1.06. The lowest BCUT2D eigenvalue weighted by Crippen LogP contribution is -2.12. The van der Waals surface area contributed by atoms with Crippen LogP contribution in [-0.2, 0) is 0 Å². The summed E-state index contributed by atoms with van der Waals surface area (Å²) in [4.78, 5) is 0. The smallest absolute Gasteiger partial charge is 0.0654 e. The Hall–Kier alpha value is 0.0649. The first-order valence-electron chi connectivity index (χ1n) is 13.9. The molecule has 0 saturated heterocycles. The van der Waals surface area contributed by atoms with Crippen molar-refractivity contribution < 1.29 is 0 Å². The molecule has 0 spiro atoms. The molecule has 2 rings (SSSR count). The maximum Gasteiger partial charge on any atom is 0.127 e. The lowest BCUT2D eigenvalue weighted by Gasteiger charge is -2.23. The Morgan fingerprint density at radius 3 is 0.643 bits per heavy atom. The van der Waals surface area contributed by atoms with Crippen LogP contribution in [0.4, 0.5) is 0 Å². The Balaban J connectivity index is 1.75. The number of hydrogen-bond donors (Lipinski definition) is 0. The van der Waals surface area contributed by atoms with Crippen LogP contribution in [0.25, 0.3) is 0 Å². The Morgan fingerprint density at radius 2 is 0.429 bits per heavy atom. The SMILES string of the molecule is B(C1CCCCCCCCCCCCCCC1)C1CCCCCCCCCC1. The Bertz CT molecular complexity index is 298. The average molecular weight is 389 g/mol. The minimum atomic E-state index is 1.06. The summed E-state index contributed by atoms with van der Waals surface area (Å²) in [6.45, 7) is 0. The van der Waals surface area contributed by atoms with Crippen molar-refractivity contribution in [1.82, 2.24) is 0 Å². The van der Waals surface area contributed by atoms with Crippen LogP contribution in [0.1, 0.15) is 161 Å². The fourth-order valence-electron chi connectivity index (χ4n) is 5.97.